The van der Waals surface area contributed by atoms with E-state index in [1.165, 1.54) is 6.07 Å². The van der Waals surface area contributed by atoms with Gasteiger partial charge in [-0.3, -0.25) is 14.9 Å². The molecule has 0 saturated carbocycles. The Morgan fingerprint density at radius 2 is 2.24 bits per heavy atom. The Balaban J connectivity index is 3.07. The molecule has 0 saturated heterocycles. The van der Waals surface area contributed by atoms with Gasteiger partial charge in [0, 0.05) is 11.1 Å². The summed E-state index contributed by atoms with van der Waals surface area (Å²) < 4.78 is 4.73. The number of nitrogens with zero attached hydrogens (tertiary/aromatic N) is 1. The molecule has 92 valence electrons. The second-order valence-electron chi connectivity index (χ2n) is 3.24. The van der Waals surface area contributed by atoms with Crippen molar-refractivity contribution in [2.75, 3.05) is 12.3 Å². The lowest BCUT2D eigenvalue weighted by Gasteiger charge is -2.06. The number of nitro groups is 1. The Morgan fingerprint density at radius 1 is 1.59 bits per heavy atom. The fraction of sp³-hybridized carbons (Fsp3) is 0.300. The van der Waals surface area contributed by atoms with E-state index in [1.54, 1.807) is 6.92 Å². The van der Waals surface area contributed by atoms with Gasteiger partial charge in [0.15, 0.2) is 0 Å². The number of nitro benzene ring substituents is 1. The summed E-state index contributed by atoms with van der Waals surface area (Å²) in [5.41, 5.74) is 5.51. The number of esters is 1. The fourth-order valence-electron chi connectivity index (χ4n) is 1.32. The van der Waals surface area contributed by atoms with E-state index in [2.05, 4.69) is 0 Å². The maximum Gasteiger partial charge on any atom is 0.310 e. The maximum absolute atomic E-state index is 11.3. The number of rotatable bonds is 4. The molecule has 0 fully saturated rings. The quantitative estimate of drug-likeness (QED) is 0.385. The first kappa shape index (κ1) is 13.2. The van der Waals surface area contributed by atoms with Gasteiger partial charge in [-0.1, -0.05) is 11.6 Å². The van der Waals surface area contributed by atoms with Crippen LogP contribution in [0.1, 0.15) is 12.5 Å². The molecule has 0 bridgehead atoms. The topological polar surface area (TPSA) is 95.5 Å². The van der Waals surface area contributed by atoms with Crippen molar-refractivity contribution in [1.82, 2.24) is 0 Å². The Labute approximate surface area is 102 Å². The molecule has 0 unspecified atom stereocenters. The van der Waals surface area contributed by atoms with E-state index in [-0.39, 0.29) is 29.4 Å². The summed E-state index contributed by atoms with van der Waals surface area (Å²) in [5.74, 6) is -0.504. The molecule has 2 N–H and O–H groups in total. The number of nitrogen functional groups attached to an aromatic ring is 1. The number of benzene rings is 1. The van der Waals surface area contributed by atoms with Gasteiger partial charge in [-0.15, -0.1) is 0 Å². The van der Waals surface area contributed by atoms with E-state index >= 15 is 0 Å². The minimum absolute atomic E-state index is 0.0625. The van der Waals surface area contributed by atoms with E-state index in [9.17, 15) is 14.9 Å². The van der Waals surface area contributed by atoms with Crippen molar-refractivity contribution in [3.63, 3.8) is 0 Å². The van der Waals surface area contributed by atoms with Crippen LogP contribution < -0.4 is 5.73 Å². The van der Waals surface area contributed by atoms with Crippen molar-refractivity contribution in [3.05, 3.63) is 32.8 Å². The van der Waals surface area contributed by atoms with Crippen LogP contribution in [0.3, 0.4) is 0 Å². The molecule has 0 aromatic heterocycles. The minimum Gasteiger partial charge on any atom is -0.466 e. The standard InChI is InChI=1S/C10H11ClN2O4/c1-2-17-9(14)4-6-3-7(11)5-8(10(6)12)13(15)16/h3,5H,2,4,12H2,1H3. The monoisotopic (exact) mass is 258 g/mol. The number of carbonyl (C=O) groups is 1. The van der Waals surface area contributed by atoms with Gasteiger partial charge in [0.05, 0.1) is 18.0 Å². The number of hydrogen-bond donors (Lipinski definition) is 1. The lowest BCUT2D eigenvalue weighted by atomic mass is 10.1. The van der Waals surface area contributed by atoms with Crippen LogP contribution in [0.15, 0.2) is 12.1 Å². The van der Waals surface area contributed by atoms with Gasteiger partial charge in [0.1, 0.15) is 5.69 Å². The molecule has 0 spiro atoms. The van der Waals surface area contributed by atoms with E-state index in [1.807, 2.05) is 0 Å². The Morgan fingerprint density at radius 3 is 2.76 bits per heavy atom. The Hall–Kier alpha value is -1.82. The summed E-state index contributed by atoms with van der Waals surface area (Å²) in [4.78, 5) is 21.3. The highest BCUT2D eigenvalue weighted by Gasteiger charge is 2.18. The number of anilines is 1. The van der Waals surface area contributed by atoms with Gasteiger partial charge in [0.2, 0.25) is 0 Å². The summed E-state index contributed by atoms with van der Waals surface area (Å²) >= 11 is 5.71. The van der Waals surface area contributed by atoms with Crippen LogP contribution in [0.5, 0.6) is 0 Å². The molecule has 7 heteroatoms. The molecule has 0 aliphatic rings. The smallest absolute Gasteiger partial charge is 0.310 e. The highest BCUT2D eigenvalue weighted by atomic mass is 35.5. The lowest BCUT2D eigenvalue weighted by Crippen LogP contribution is -2.10. The summed E-state index contributed by atoms with van der Waals surface area (Å²) in [5, 5.41) is 10.8. The van der Waals surface area contributed by atoms with Crippen LogP contribution in [0, 0.1) is 10.1 Å². The second-order valence-corrected chi connectivity index (χ2v) is 3.67. The summed E-state index contributed by atoms with van der Waals surface area (Å²) in [6.45, 7) is 1.91. The van der Waals surface area contributed by atoms with Crippen LogP contribution in [0.2, 0.25) is 5.02 Å². The van der Waals surface area contributed by atoms with Crippen LogP contribution >= 0.6 is 11.6 Å². The predicted molar refractivity (Wildman–Crippen MR) is 62.9 cm³/mol. The number of nitrogens with two attached hydrogens (primary N) is 1. The molecule has 1 aromatic rings. The summed E-state index contributed by atoms with van der Waals surface area (Å²) in [6, 6.07) is 2.56. The third-order valence-corrected chi connectivity index (χ3v) is 2.26. The molecule has 1 rings (SSSR count). The van der Waals surface area contributed by atoms with Gasteiger partial charge in [0.25, 0.3) is 5.69 Å². The maximum atomic E-state index is 11.3. The summed E-state index contributed by atoms with van der Waals surface area (Å²) in [6.07, 6.45) is -0.138. The number of ether oxygens (including phenoxy) is 1. The third kappa shape index (κ3) is 3.32. The van der Waals surface area contributed by atoms with Crippen LogP contribution in [0.25, 0.3) is 0 Å². The lowest BCUT2D eigenvalue weighted by molar-refractivity contribution is -0.383. The molecule has 0 atom stereocenters. The average molecular weight is 259 g/mol. The molecule has 0 radical (unpaired) electrons. The van der Waals surface area contributed by atoms with Crippen molar-refractivity contribution < 1.29 is 14.5 Å². The number of halogens is 1. The zero-order valence-corrected chi connectivity index (χ0v) is 9.86. The first-order valence-electron chi connectivity index (χ1n) is 4.83. The van der Waals surface area contributed by atoms with E-state index in [4.69, 9.17) is 22.1 Å². The highest BCUT2D eigenvalue weighted by Crippen LogP contribution is 2.29. The largest absolute Gasteiger partial charge is 0.466 e. The Bertz CT molecular complexity index is 462. The van der Waals surface area contributed by atoms with E-state index in [0.29, 0.717) is 5.56 Å². The fourth-order valence-corrected chi connectivity index (χ4v) is 1.56. The molecule has 0 heterocycles. The Kier molecular flexibility index (Phi) is 4.28. The summed E-state index contributed by atoms with van der Waals surface area (Å²) in [7, 11) is 0. The van der Waals surface area contributed by atoms with Crippen molar-refractivity contribution in [2.45, 2.75) is 13.3 Å². The van der Waals surface area contributed by atoms with Crippen LogP contribution in [-0.4, -0.2) is 17.5 Å². The second kappa shape index (κ2) is 5.49. The molecule has 17 heavy (non-hydrogen) atoms. The molecule has 0 aliphatic carbocycles. The van der Waals surface area contributed by atoms with Gasteiger partial charge in [-0.05, 0) is 18.6 Å². The van der Waals surface area contributed by atoms with E-state index in [0.717, 1.165) is 6.07 Å². The number of hydrogen-bond acceptors (Lipinski definition) is 5. The SMILES string of the molecule is CCOC(=O)Cc1cc(Cl)cc([N+](=O)[O-])c1N. The van der Waals surface area contributed by atoms with Gasteiger partial charge in [-0.2, -0.15) is 0 Å². The molecular weight excluding hydrogens is 248 g/mol. The zero-order valence-electron chi connectivity index (χ0n) is 9.10. The van der Waals surface area contributed by atoms with E-state index < -0.39 is 10.9 Å². The van der Waals surface area contributed by atoms with Crippen molar-refractivity contribution in [1.29, 1.82) is 0 Å². The highest BCUT2D eigenvalue weighted by molar-refractivity contribution is 6.31. The van der Waals surface area contributed by atoms with Crippen molar-refractivity contribution >= 4 is 28.9 Å². The first-order valence-corrected chi connectivity index (χ1v) is 5.21. The molecule has 1 aromatic carbocycles. The van der Waals surface area contributed by atoms with Crippen LogP contribution in [-0.2, 0) is 16.0 Å². The third-order valence-electron chi connectivity index (χ3n) is 2.05. The normalized spacial score (nSPS) is 10.0. The van der Waals surface area contributed by atoms with Gasteiger partial charge < -0.3 is 10.5 Å². The molecule has 0 aliphatic heterocycles. The predicted octanol–water partition coefficient (Wildman–Crippen LogP) is 1.94. The average Bonchev–Trinajstić information content (AvgIpc) is 2.22. The van der Waals surface area contributed by atoms with Crippen molar-refractivity contribution in [3.8, 4) is 0 Å². The molecular formula is C10H11ClN2O4. The van der Waals surface area contributed by atoms with Crippen molar-refractivity contribution in [2.24, 2.45) is 0 Å². The van der Waals surface area contributed by atoms with Gasteiger partial charge in [-0.25, -0.2) is 0 Å². The first-order chi connectivity index (χ1) is 7.95. The molecule has 6 nitrogen and oxygen atoms in total. The molecule has 0 amide bonds. The van der Waals surface area contributed by atoms with Gasteiger partial charge >= 0.3 is 5.97 Å². The van der Waals surface area contributed by atoms with Crippen LogP contribution in [0.4, 0.5) is 11.4 Å². The minimum atomic E-state index is -0.643. The number of carbonyl (C=O) groups excluding carboxylic acids is 1. The zero-order chi connectivity index (χ0) is 13.0.